The van der Waals surface area contributed by atoms with Crippen LogP contribution < -0.4 is 5.32 Å². The highest BCUT2D eigenvalue weighted by Gasteiger charge is 2.43. The second-order valence-corrected chi connectivity index (χ2v) is 6.58. The highest BCUT2D eigenvalue weighted by atomic mass is 35.5. The number of nitrogens with one attached hydrogen (secondary N) is 1. The lowest BCUT2D eigenvalue weighted by Crippen LogP contribution is -2.54. The lowest BCUT2D eigenvalue weighted by atomic mass is 10.1. The highest BCUT2D eigenvalue weighted by Crippen LogP contribution is 2.26. The monoisotopic (exact) mass is 391 g/mol. The molecular formula is C17H21ClF3N3O2. The zero-order chi connectivity index (χ0) is 18.2. The van der Waals surface area contributed by atoms with Crippen LogP contribution in [-0.2, 0) is 4.79 Å². The number of halogens is 4. The van der Waals surface area contributed by atoms with Crippen molar-refractivity contribution in [3.8, 4) is 0 Å². The van der Waals surface area contributed by atoms with Crippen molar-refractivity contribution in [3.63, 3.8) is 0 Å². The number of nitrogens with zero attached hydrogens (tertiary/aromatic N) is 2. The van der Waals surface area contributed by atoms with Crippen LogP contribution in [0, 0.1) is 12.7 Å². The van der Waals surface area contributed by atoms with Gasteiger partial charge in [-0.1, -0.05) is 6.07 Å². The Bertz CT molecular complexity index is 694. The van der Waals surface area contributed by atoms with Gasteiger partial charge in [-0.2, -0.15) is 0 Å². The molecule has 2 heterocycles. The Morgan fingerprint density at radius 1 is 1.15 bits per heavy atom. The Labute approximate surface area is 155 Å². The number of amides is 2. The van der Waals surface area contributed by atoms with Gasteiger partial charge in [-0.3, -0.25) is 14.9 Å². The second kappa shape index (κ2) is 7.84. The van der Waals surface area contributed by atoms with Crippen molar-refractivity contribution in [2.24, 2.45) is 0 Å². The highest BCUT2D eigenvalue weighted by molar-refractivity contribution is 5.94. The molecule has 9 heteroatoms. The van der Waals surface area contributed by atoms with E-state index in [0.29, 0.717) is 18.7 Å². The minimum atomic E-state index is -2.85. The minimum absolute atomic E-state index is 0. The van der Waals surface area contributed by atoms with Gasteiger partial charge in [0.25, 0.3) is 11.8 Å². The predicted molar refractivity (Wildman–Crippen MR) is 92.2 cm³/mol. The Hall–Kier alpha value is -1.80. The Morgan fingerprint density at radius 2 is 1.77 bits per heavy atom. The standard InChI is InChI=1S/C17H20F3N3O2.ClH/c1-11-2-3-12(8-13(11)18)15(24)22-4-6-23(7-5-22)16(25)14-9-17(19,20)10-21-14;/h2-3,8,14,21H,4-7,9-10H2,1H3;1H. The normalized spacial score (nSPS) is 22.1. The molecule has 1 N–H and O–H groups in total. The number of benzene rings is 1. The number of hydrogen-bond donors (Lipinski definition) is 1. The maximum atomic E-state index is 13.6. The van der Waals surface area contributed by atoms with Crippen molar-refractivity contribution in [1.29, 1.82) is 0 Å². The van der Waals surface area contributed by atoms with Gasteiger partial charge in [0.1, 0.15) is 5.82 Å². The number of carbonyl (C=O) groups is 2. The van der Waals surface area contributed by atoms with Crippen molar-refractivity contribution in [3.05, 3.63) is 35.1 Å². The summed E-state index contributed by atoms with van der Waals surface area (Å²) in [5.74, 6) is -3.94. The van der Waals surface area contributed by atoms with Crippen LogP contribution >= 0.6 is 12.4 Å². The summed E-state index contributed by atoms with van der Waals surface area (Å²) in [5, 5.41) is 2.55. The average molecular weight is 392 g/mol. The first-order valence-electron chi connectivity index (χ1n) is 8.22. The molecule has 2 fully saturated rings. The van der Waals surface area contributed by atoms with Gasteiger partial charge in [-0.05, 0) is 24.6 Å². The van der Waals surface area contributed by atoms with Crippen LogP contribution in [0.4, 0.5) is 13.2 Å². The van der Waals surface area contributed by atoms with E-state index in [0.717, 1.165) is 0 Å². The van der Waals surface area contributed by atoms with Crippen LogP contribution in [0.25, 0.3) is 0 Å². The van der Waals surface area contributed by atoms with Gasteiger partial charge in [0, 0.05) is 38.2 Å². The van der Waals surface area contributed by atoms with Crippen molar-refractivity contribution in [1.82, 2.24) is 15.1 Å². The topological polar surface area (TPSA) is 52.7 Å². The molecule has 2 saturated heterocycles. The molecule has 1 unspecified atom stereocenters. The SMILES string of the molecule is Cc1ccc(C(=O)N2CCN(C(=O)C3CC(F)(F)CN3)CC2)cc1F.Cl. The largest absolute Gasteiger partial charge is 0.338 e. The van der Waals surface area contributed by atoms with E-state index in [2.05, 4.69) is 5.32 Å². The number of piperazine rings is 1. The van der Waals surface area contributed by atoms with Gasteiger partial charge in [0.15, 0.2) is 0 Å². The molecule has 1 aromatic rings. The van der Waals surface area contributed by atoms with E-state index in [1.165, 1.54) is 11.0 Å². The number of carbonyl (C=O) groups excluding carboxylic acids is 2. The third kappa shape index (κ3) is 4.29. The summed E-state index contributed by atoms with van der Waals surface area (Å²) in [4.78, 5) is 27.8. The third-order valence-electron chi connectivity index (χ3n) is 4.71. The van der Waals surface area contributed by atoms with Gasteiger partial charge in [0.05, 0.1) is 12.6 Å². The van der Waals surface area contributed by atoms with Gasteiger partial charge in [-0.25, -0.2) is 13.2 Å². The molecular weight excluding hydrogens is 371 g/mol. The molecule has 1 atom stereocenters. The molecule has 144 valence electrons. The van der Waals surface area contributed by atoms with Crippen LogP contribution in [0.5, 0.6) is 0 Å². The first-order valence-corrected chi connectivity index (χ1v) is 8.22. The Kier molecular flexibility index (Phi) is 6.18. The number of hydrogen-bond acceptors (Lipinski definition) is 3. The van der Waals surface area contributed by atoms with E-state index in [9.17, 15) is 22.8 Å². The molecule has 2 aliphatic heterocycles. The quantitative estimate of drug-likeness (QED) is 0.837. The first kappa shape index (κ1) is 20.5. The zero-order valence-corrected chi connectivity index (χ0v) is 15.1. The molecule has 0 bridgehead atoms. The molecule has 0 aliphatic carbocycles. The van der Waals surface area contributed by atoms with Crippen LogP contribution in [0.3, 0.4) is 0 Å². The molecule has 1 aromatic carbocycles. The van der Waals surface area contributed by atoms with Crippen molar-refractivity contribution in [2.75, 3.05) is 32.7 Å². The Balaban J connectivity index is 0.00000243. The number of rotatable bonds is 2. The first-order chi connectivity index (χ1) is 11.8. The summed E-state index contributed by atoms with van der Waals surface area (Å²) >= 11 is 0. The molecule has 0 spiro atoms. The maximum absolute atomic E-state index is 13.6. The summed E-state index contributed by atoms with van der Waals surface area (Å²) in [7, 11) is 0. The van der Waals surface area contributed by atoms with Gasteiger partial charge < -0.3 is 9.80 Å². The van der Waals surface area contributed by atoms with Crippen molar-refractivity contribution >= 4 is 24.2 Å². The molecule has 2 aliphatic rings. The van der Waals surface area contributed by atoms with E-state index in [1.807, 2.05) is 0 Å². The van der Waals surface area contributed by atoms with E-state index in [-0.39, 0.29) is 42.9 Å². The molecule has 5 nitrogen and oxygen atoms in total. The third-order valence-corrected chi connectivity index (χ3v) is 4.71. The molecule has 3 rings (SSSR count). The summed E-state index contributed by atoms with van der Waals surface area (Å²) < 4.78 is 40.1. The molecule has 0 radical (unpaired) electrons. The summed E-state index contributed by atoms with van der Waals surface area (Å²) in [6.07, 6.45) is -0.492. The summed E-state index contributed by atoms with van der Waals surface area (Å²) in [5.41, 5.74) is 0.729. The van der Waals surface area contributed by atoms with Crippen LogP contribution in [0.1, 0.15) is 22.3 Å². The van der Waals surface area contributed by atoms with Gasteiger partial charge in [-0.15, -0.1) is 12.4 Å². The minimum Gasteiger partial charge on any atom is -0.338 e. The second-order valence-electron chi connectivity index (χ2n) is 6.58. The Morgan fingerprint density at radius 3 is 2.31 bits per heavy atom. The fourth-order valence-electron chi connectivity index (χ4n) is 3.15. The van der Waals surface area contributed by atoms with Crippen molar-refractivity contribution in [2.45, 2.75) is 25.3 Å². The molecule has 0 saturated carbocycles. The predicted octanol–water partition coefficient (Wildman–Crippen LogP) is 1.84. The summed E-state index contributed by atoms with van der Waals surface area (Å²) in [6.45, 7) is 2.28. The number of aryl methyl sites for hydroxylation is 1. The molecule has 2 amide bonds. The van der Waals surface area contributed by atoms with E-state index in [4.69, 9.17) is 0 Å². The van der Waals surface area contributed by atoms with E-state index >= 15 is 0 Å². The van der Waals surface area contributed by atoms with Gasteiger partial charge >= 0.3 is 0 Å². The average Bonchev–Trinajstić information content (AvgIpc) is 2.96. The van der Waals surface area contributed by atoms with E-state index < -0.39 is 30.7 Å². The lowest BCUT2D eigenvalue weighted by molar-refractivity contribution is -0.135. The smallest absolute Gasteiger partial charge is 0.262 e. The van der Waals surface area contributed by atoms with Gasteiger partial charge in [0.2, 0.25) is 5.91 Å². The zero-order valence-electron chi connectivity index (χ0n) is 14.3. The van der Waals surface area contributed by atoms with E-state index in [1.54, 1.807) is 24.0 Å². The number of alkyl halides is 2. The van der Waals surface area contributed by atoms with Crippen molar-refractivity contribution < 1.29 is 22.8 Å². The van der Waals surface area contributed by atoms with Crippen LogP contribution in [0.15, 0.2) is 18.2 Å². The fourth-order valence-corrected chi connectivity index (χ4v) is 3.15. The van der Waals surface area contributed by atoms with Crippen LogP contribution in [-0.4, -0.2) is 66.3 Å². The maximum Gasteiger partial charge on any atom is 0.262 e. The fraction of sp³-hybridized carbons (Fsp3) is 0.529. The van der Waals surface area contributed by atoms with Crippen LogP contribution in [0.2, 0.25) is 0 Å². The summed E-state index contributed by atoms with van der Waals surface area (Å²) in [6, 6.07) is 3.46. The lowest BCUT2D eigenvalue weighted by Gasteiger charge is -2.36. The molecule has 26 heavy (non-hydrogen) atoms. The molecule has 0 aromatic heterocycles.